The normalized spacial score (nSPS) is 20.4. The molecule has 19 heavy (non-hydrogen) atoms. The van der Waals surface area contributed by atoms with Gasteiger partial charge in [-0.15, -0.1) is 0 Å². The summed E-state index contributed by atoms with van der Waals surface area (Å²) in [7, 11) is 0. The predicted octanol–water partition coefficient (Wildman–Crippen LogP) is 4.13. The summed E-state index contributed by atoms with van der Waals surface area (Å²) in [4.78, 5) is 14.7. The average Bonchev–Trinajstić information content (AvgIpc) is 2.42. The Kier molecular flexibility index (Phi) is 5.82. The number of benzene rings is 1. The molecule has 104 valence electrons. The van der Waals surface area contributed by atoms with Crippen molar-refractivity contribution in [2.24, 2.45) is 0 Å². The van der Waals surface area contributed by atoms with Gasteiger partial charge in [-0.25, -0.2) is 0 Å². The van der Waals surface area contributed by atoms with Crippen LogP contribution < -0.4 is 0 Å². The van der Waals surface area contributed by atoms with Crippen LogP contribution in [0.5, 0.6) is 0 Å². The van der Waals surface area contributed by atoms with Crippen molar-refractivity contribution in [2.75, 3.05) is 13.1 Å². The lowest BCUT2D eigenvalue weighted by atomic mass is 9.97. The minimum absolute atomic E-state index is 0.263. The highest BCUT2D eigenvalue weighted by Crippen LogP contribution is 2.21. The molecular weight excluding hydrogens is 349 g/mol. The summed E-state index contributed by atoms with van der Waals surface area (Å²) in [5.74, 6) is 0.263. The molecule has 1 fully saturated rings. The van der Waals surface area contributed by atoms with Gasteiger partial charge in [0.25, 0.3) is 0 Å². The number of carbonyl (C=O) groups excluding carboxylic acids is 1. The average molecular weight is 371 g/mol. The molecule has 0 aliphatic carbocycles. The number of likely N-dealkylation sites (tertiary alicyclic amines) is 1. The van der Waals surface area contributed by atoms with Crippen LogP contribution in [0.15, 0.2) is 24.3 Å². The molecule has 2 rings (SSSR count). The third-order valence-electron chi connectivity index (χ3n) is 3.88. The van der Waals surface area contributed by atoms with E-state index in [1.807, 2.05) is 24.3 Å². The van der Waals surface area contributed by atoms with E-state index in [2.05, 4.69) is 34.4 Å². The summed E-state index contributed by atoms with van der Waals surface area (Å²) >= 11 is 2.27. The first-order valence-electron chi connectivity index (χ1n) is 7.23. The molecule has 0 saturated carbocycles. The molecule has 1 unspecified atom stereocenters. The smallest absolute Gasteiger partial charge is 0.176 e. The molecule has 0 radical (unpaired) electrons. The molecule has 2 nitrogen and oxygen atoms in total. The maximum Gasteiger partial charge on any atom is 0.176 e. The summed E-state index contributed by atoms with van der Waals surface area (Å²) in [6, 6.07) is 8.53. The number of Topliss-reactive ketones (excluding diaryl/α,β-unsaturated/α-hetero) is 1. The van der Waals surface area contributed by atoms with Crippen LogP contribution in [0.3, 0.4) is 0 Å². The fraction of sp³-hybridized carbons (Fsp3) is 0.562. The lowest BCUT2D eigenvalue weighted by Crippen LogP contribution is -2.42. The monoisotopic (exact) mass is 371 g/mol. The largest absolute Gasteiger partial charge is 0.293 e. The Morgan fingerprint density at radius 3 is 2.74 bits per heavy atom. The second-order valence-electron chi connectivity index (χ2n) is 5.34. The van der Waals surface area contributed by atoms with E-state index in [9.17, 15) is 4.79 Å². The van der Waals surface area contributed by atoms with Gasteiger partial charge in [-0.3, -0.25) is 9.69 Å². The molecule has 0 spiro atoms. The van der Waals surface area contributed by atoms with Crippen LogP contribution in [0.4, 0.5) is 0 Å². The highest BCUT2D eigenvalue weighted by atomic mass is 127. The van der Waals surface area contributed by atoms with Gasteiger partial charge in [0.05, 0.1) is 6.54 Å². The van der Waals surface area contributed by atoms with Crippen LogP contribution in [-0.4, -0.2) is 29.8 Å². The van der Waals surface area contributed by atoms with E-state index < -0.39 is 0 Å². The molecule has 1 aliphatic rings. The number of nitrogens with zero attached hydrogens (tertiary/aromatic N) is 1. The summed E-state index contributed by atoms with van der Waals surface area (Å²) in [5.41, 5.74) is 0.848. The quantitative estimate of drug-likeness (QED) is 0.573. The Labute approximate surface area is 129 Å². The van der Waals surface area contributed by atoms with Gasteiger partial charge < -0.3 is 0 Å². The van der Waals surface area contributed by atoms with E-state index in [0.717, 1.165) is 12.1 Å². The van der Waals surface area contributed by atoms with Crippen molar-refractivity contribution in [3.05, 3.63) is 33.4 Å². The first kappa shape index (κ1) is 15.0. The topological polar surface area (TPSA) is 20.3 Å². The van der Waals surface area contributed by atoms with Gasteiger partial charge in [-0.2, -0.15) is 0 Å². The van der Waals surface area contributed by atoms with Gasteiger partial charge >= 0.3 is 0 Å². The van der Waals surface area contributed by atoms with Gasteiger partial charge in [0.2, 0.25) is 0 Å². The van der Waals surface area contributed by atoms with Crippen molar-refractivity contribution < 1.29 is 4.79 Å². The minimum Gasteiger partial charge on any atom is -0.293 e. The fourth-order valence-electron chi connectivity index (χ4n) is 2.84. The molecule has 0 aromatic heterocycles. The molecule has 1 aromatic carbocycles. The zero-order chi connectivity index (χ0) is 13.7. The molecule has 0 amide bonds. The first-order chi connectivity index (χ1) is 9.20. The fourth-order valence-corrected chi connectivity index (χ4v) is 3.20. The molecule has 1 saturated heterocycles. The minimum atomic E-state index is 0.263. The third-order valence-corrected chi connectivity index (χ3v) is 4.60. The summed E-state index contributed by atoms with van der Waals surface area (Å²) < 4.78 is 1.18. The Hall–Kier alpha value is -0.420. The number of halogens is 1. The molecule has 1 heterocycles. The maximum atomic E-state index is 12.3. The summed E-state index contributed by atoms with van der Waals surface area (Å²) in [5, 5.41) is 0. The molecular formula is C16H22INO. The molecule has 1 atom stereocenters. The number of rotatable bonds is 5. The van der Waals surface area contributed by atoms with E-state index in [-0.39, 0.29) is 5.78 Å². The van der Waals surface area contributed by atoms with E-state index in [4.69, 9.17) is 0 Å². The van der Waals surface area contributed by atoms with Gasteiger partial charge in [-0.1, -0.05) is 31.9 Å². The lowest BCUT2D eigenvalue weighted by Gasteiger charge is -2.35. The van der Waals surface area contributed by atoms with Gasteiger partial charge in [0.1, 0.15) is 0 Å². The van der Waals surface area contributed by atoms with Gasteiger partial charge in [0.15, 0.2) is 5.78 Å². The number of ketones is 1. The van der Waals surface area contributed by atoms with Crippen molar-refractivity contribution in [1.82, 2.24) is 4.90 Å². The molecule has 0 bridgehead atoms. The van der Waals surface area contributed by atoms with Crippen molar-refractivity contribution >= 4 is 28.4 Å². The van der Waals surface area contributed by atoms with Crippen LogP contribution in [0.2, 0.25) is 0 Å². The van der Waals surface area contributed by atoms with Crippen LogP contribution >= 0.6 is 22.6 Å². The van der Waals surface area contributed by atoms with Crippen molar-refractivity contribution in [3.63, 3.8) is 0 Å². The Morgan fingerprint density at radius 1 is 1.32 bits per heavy atom. The zero-order valence-electron chi connectivity index (χ0n) is 11.6. The number of hydrogen-bond donors (Lipinski definition) is 0. The van der Waals surface area contributed by atoms with Gasteiger partial charge in [0, 0.05) is 15.2 Å². The van der Waals surface area contributed by atoms with Crippen molar-refractivity contribution in [2.45, 2.75) is 45.1 Å². The number of hydrogen-bond acceptors (Lipinski definition) is 2. The highest BCUT2D eigenvalue weighted by Gasteiger charge is 2.23. The highest BCUT2D eigenvalue weighted by molar-refractivity contribution is 14.1. The predicted molar refractivity (Wildman–Crippen MR) is 87.6 cm³/mol. The van der Waals surface area contributed by atoms with Crippen molar-refractivity contribution in [3.8, 4) is 0 Å². The van der Waals surface area contributed by atoms with E-state index in [0.29, 0.717) is 12.6 Å². The molecule has 0 N–H and O–H groups in total. The van der Waals surface area contributed by atoms with Crippen LogP contribution in [0, 0.1) is 3.57 Å². The van der Waals surface area contributed by atoms with Crippen LogP contribution in [0.25, 0.3) is 0 Å². The summed E-state index contributed by atoms with van der Waals surface area (Å²) in [6.07, 6.45) is 6.24. The van der Waals surface area contributed by atoms with E-state index >= 15 is 0 Å². The Balaban J connectivity index is 1.98. The molecule has 3 heteroatoms. The van der Waals surface area contributed by atoms with E-state index in [1.165, 1.54) is 35.7 Å². The van der Waals surface area contributed by atoms with Crippen LogP contribution in [0.1, 0.15) is 49.4 Å². The number of carbonyl (C=O) groups is 1. The lowest BCUT2D eigenvalue weighted by molar-refractivity contribution is 0.0831. The van der Waals surface area contributed by atoms with Crippen molar-refractivity contribution in [1.29, 1.82) is 0 Å². The Bertz CT molecular complexity index is 413. The maximum absolute atomic E-state index is 12.3. The van der Waals surface area contributed by atoms with Crippen LogP contribution in [-0.2, 0) is 0 Å². The molecule has 1 aliphatic heterocycles. The summed E-state index contributed by atoms with van der Waals surface area (Å²) in [6.45, 7) is 3.90. The third kappa shape index (κ3) is 4.28. The Morgan fingerprint density at radius 2 is 2.05 bits per heavy atom. The van der Waals surface area contributed by atoms with Gasteiger partial charge in [-0.05, 0) is 60.5 Å². The van der Waals surface area contributed by atoms with E-state index in [1.54, 1.807) is 0 Å². The second-order valence-corrected chi connectivity index (χ2v) is 6.58. The standard InChI is InChI=1S/C16H22INO/c1-2-5-15-6-3-4-11-18(15)12-16(19)13-7-9-14(17)10-8-13/h7-10,15H,2-6,11-12H2,1H3. The first-order valence-corrected chi connectivity index (χ1v) is 8.31. The zero-order valence-corrected chi connectivity index (χ0v) is 13.7. The second kappa shape index (κ2) is 7.39. The molecule has 1 aromatic rings. The number of piperidine rings is 1. The SMILES string of the molecule is CCCC1CCCCN1CC(=O)c1ccc(I)cc1.